The zero-order valence-corrected chi connectivity index (χ0v) is 12.4. The highest BCUT2D eigenvalue weighted by Crippen LogP contribution is 2.18. The number of rotatable bonds is 4. The van der Waals surface area contributed by atoms with Gasteiger partial charge >= 0.3 is 0 Å². The highest BCUT2D eigenvalue weighted by Gasteiger charge is 2.13. The highest BCUT2D eigenvalue weighted by molar-refractivity contribution is 5.99. The number of hydrazone groups is 1. The Kier molecular flexibility index (Phi) is 4.36. The lowest BCUT2D eigenvalue weighted by Crippen LogP contribution is -2.19. The van der Waals surface area contributed by atoms with Crippen LogP contribution in [0.2, 0.25) is 0 Å². The van der Waals surface area contributed by atoms with Crippen molar-refractivity contribution in [3.8, 4) is 0 Å². The van der Waals surface area contributed by atoms with Gasteiger partial charge in [-0.2, -0.15) is 5.10 Å². The Morgan fingerprint density at radius 3 is 2.55 bits per heavy atom. The van der Waals surface area contributed by atoms with Crippen LogP contribution in [-0.4, -0.2) is 16.5 Å². The number of nitrogens with one attached hydrogen (secondary N) is 1. The van der Waals surface area contributed by atoms with Gasteiger partial charge in [0.15, 0.2) is 0 Å². The van der Waals surface area contributed by atoms with Crippen LogP contribution in [0.1, 0.15) is 34.4 Å². The first kappa shape index (κ1) is 15.4. The molecular formula is C15H15N3O4. The van der Waals surface area contributed by atoms with Crippen molar-refractivity contribution in [2.75, 3.05) is 0 Å². The summed E-state index contributed by atoms with van der Waals surface area (Å²) in [6.07, 6.45) is 0. The van der Waals surface area contributed by atoms with Gasteiger partial charge in [-0.1, -0.05) is 0 Å². The van der Waals surface area contributed by atoms with Crippen molar-refractivity contribution >= 4 is 17.3 Å². The Morgan fingerprint density at radius 1 is 1.27 bits per heavy atom. The molecule has 7 nitrogen and oxygen atoms in total. The maximum atomic E-state index is 12.0. The molecule has 1 heterocycles. The molecule has 0 bridgehead atoms. The topological polar surface area (TPSA) is 97.7 Å². The van der Waals surface area contributed by atoms with Crippen molar-refractivity contribution in [1.29, 1.82) is 0 Å². The number of nitrogens with zero attached hydrogens (tertiary/aromatic N) is 2. The van der Waals surface area contributed by atoms with E-state index in [0.717, 1.165) is 5.76 Å². The maximum absolute atomic E-state index is 12.0. The molecule has 1 N–H and O–H groups in total. The first-order chi connectivity index (χ1) is 10.4. The number of carbonyl (C=O) groups is 1. The van der Waals surface area contributed by atoms with Crippen LogP contribution >= 0.6 is 0 Å². The summed E-state index contributed by atoms with van der Waals surface area (Å²) in [5.74, 6) is 0.875. The number of amides is 1. The summed E-state index contributed by atoms with van der Waals surface area (Å²) in [6, 6.07) is 7.71. The molecule has 0 unspecified atom stereocenters. The second-order valence-corrected chi connectivity index (χ2v) is 4.81. The molecule has 0 fully saturated rings. The fourth-order valence-electron chi connectivity index (χ4n) is 1.88. The van der Waals surface area contributed by atoms with Crippen LogP contribution in [0.15, 0.2) is 39.9 Å². The SMILES string of the molecule is C/C(=N\NC(=O)c1ccc([N+](=O)[O-])c(C)c1)c1ccc(C)o1. The largest absolute Gasteiger partial charge is 0.460 e. The fourth-order valence-corrected chi connectivity index (χ4v) is 1.88. The number of carbonyl (C=O) groups excluding carboxylic acids is 1. The van der Waals surface area contributed by atoms with Crippen LogP contribution in [0.3, 0.4) is 0 Å². The molecule has 1 aromatic heterocycles. The molecule has 1 aromatic carbocycles. The van der Waals surface area contributed by atoms with Crippen LogP contribution in [0.4, 0.5) is 5.69 Å². The molecule has 7 heteroatoms. The Balaban J connectivity index is 2.12. The van der Waals surface area contributed by atoms with Crippen molar-refractivity contribution in [1.82, 2.24) is 5.43 Å². The number of hydrogen-bond acceptors (Lipinski definition) is 5. The summed E-state index contributed by atoms with van der Waals surface area (Å²) in [5, 5.41) is 14.7. The van der Waals surface area contributed by atoms with E-state index in [4.69, 9.17) is 4.42 Å². The number of furan rings is 1. The lowest BCUT2D eigenvalue weighted by molar-refractivity contribution is -0.385. The number of nitro groups is 1. The van der Waals surface area contributed by atoms with Crippen molar-refractivity contribution in [2.24, 2.45) is 5.10 Å². The molecule has 1 amide bonds. The summed E-state index contributed by atoms with van der Waals surface area (Å²) < 4.78 is 5.39. The quantitative estimate of drug-likeness (QED) is 0.533. The molecule has 22 heavy (non-hydrogen) atoms. The Labute approximate surface area is 126 Å². The molecule has 0 radical (unpaired) electrons. The molecule has 0 spiro atoms. The zero-order valence-electron chi connectivity index (χ0n) is 12.4. The Morgan fingerprint density at radius 2 is 2.00 bits per heavy atom. The number of nitro benzene ring substituents is 1. The second kappa shape index (κ2) is 6.21. The predicted octanol–water partition coefficient (Wildman–Crippen LogP) is 2.96. The summed E-state index contributed by atoms with van der Waals surface area (Å²) in [6.45, 7) is 5.10. The predicted molar refractivity (Wildman–Crippen MR) is 81.0 cm³/mol. The summed E-state index contributed by atoms with van der Waals surface area (Å²) in [5.41, 5.74) is 3.62. The van der Waals surface area contributed by atoms with Crippen LogP contribution in [0, 0.1) is 24.0 Å². The number of hydrogen-bond donors (Lipinski definition) is 1. The number of benzene rings is 1. The third-order valence-electron chi connectivity index (χ3n) is 3.08. The van der Waals surface area contributed by atoms with E-state index in [1.165, 1.54) is 18.2 Å². The van der Waals surface area contributed by atoms with Crippen LogP contribution in [0.5, 0.6) is 0 Å². The zero-order chi connectivity index (χ0) is 16.3. The lowest BCUT2D eigenvalue weighted by Gasteiger charge is -2.03. The van der Waals surface area contributed by atoms with Gasteiger partial charge in [0.25, 0.3) is 11.6 Å². The third-order valence-corrected chi connectivity index (χ3v) is 3.08. The standard InChI is InChI=1S/C15H15N3O4/c1-9-8-12(5-6-13(9)18(20)21)15(19)17-16-11(3)14-7-4-10(2)22-14/h4-8H,1-3H3,(H,17,19)/b16-11+. The molecule has 0 aliphatic heterocycles. The van der Waals surface area contributed by atoms with Crippen LogP contribution < -0.4 is 5.43 Å². The summed E-state index contributed by atoms with van der Waals surface area (Å²) >= 11 is 0. The Bertz CT molecular complexity index is 762. The molecule has 0 saturated carbocycles. The molecule has 0 saturated heterocycles. The minimum atomic E-state index is -0.488. The first-order valence-corrected chi connectivity index (χ1v) is 6.55. The second-order valence-electron chi connectivity index (χ2n) is 4.81. The smallest absolute Gasteiger partial charge is 0.272 e. The fraction of sp³-hybridized carbons (Fsp3) is 0.200. The average Bonchev–Trinajstić information content (AvgIpc) is 2.90. The molecule has 2 aromatic rings. The summed E-state index contributed by atoms with van der Waals surface area (Å²) in [4.78, 5) is 22.3. The van der Waals surface area contributed by atoms with E-state index in [-0.39, 0.29) is 5.69 Å². The summed E-state index contributed by atoms with van der Waals surface area (Å²) in [7, 11) is 0. The van der Waals surface area contributed by atoms with Crippen LogP contribution in [0.25, 0.3) is 0 Å². The highest BCUT2D eigenvalue weighted by atomic mass is 16.6. The normalized spacial score (nSPS) is 11.3. The monoisotopic (exact) mass is 301 g/mol. The van der Waals surface area contributed by atoms with E-state index in [1.54, 1.807) is 26.0 Å². The van der Waals surface area contributed by atoms with Gasteiger partial charge in [-0.05, 0) is 45.0 Å². The van der Waals surface area contributed by atoms with Crippen molar-refractivity contribution in [2.45, 2.75) is 20.8 Å². The van der Waals surface area contributed by atoms with Gasteiger partial charge in [0, 0.05) is 17.2 Å². The van der Waals surface area contributed by atoms with E-state index in [9.17, 15) is 14.9 Å². The first-order valence-electron chi connectivity index (χ1n) is 6.55. The molecule has 2 rings (SSSR count). The van der Waals surface area contributed by atoms with E-state index < -0.39 is 10.8 Å². The van der Waals surface area contributed by atoms with Gasteiger partial charge in [-0.15, -0.1) is 0 Å². The lowest BCUT2D eigenvalue weighted by atomic mass is 10.1. The minimum absolute atomic E-state index is 0.0257. The molecular weight excluding hydrogens is 286 g/mol. The van der Waals surface area contributed by atoms with Gasteiger partial charge in [-0.25, -0.2) is 5.43 Å². The van der Waals surface area contributed by atoms with Crippen molar-refractivity contribution in [3.05, 3.63) is 63.1 Å². The van der Waals surface area contributed by atoms with Gasteiger partial charge < -0.3 is 4.42 Å². The Hall–Kier alpha value is -2.96. The number of aryl methyl sites for hydroxylation is 2. The van der Waals surface area contributed by atoms with E-state index in [1.807, 2.05) is 6.92 Å². The van der Waals surface area contributed by atoms with Crippen molar-refractivity contribution in [3.63, 3.8) is 0 Å². The van der Waals surface area contributed by atoms with Gasteiger partial charge in [0.2, 0.25) is 0 Å². The minimum Gasteiger partial charge on any atom is -0.460 e. The van der Waals surface area contributed by atoms with Gasteiger partial charge in [0.05, 0.1) is 4.92 Å². The van der Waals surface area contributed by atoms with E-state index in [2.05, 4.69) is 10.5 Å². The van der Waals surface area contributed by atoms with Crippen molar-refractivity contribution < 1.29 is 14.1 Å². The van der Waals surface area contributed by atoms with Gasteiger partial charge in [-0.3, -0.25) is 14.9 Å². The van der Waals surface area contributed by atoms with E-state index >= 15 is 0 Å². The average molecular weight is 301 g/mol. The molecule has 114 valence electrons. The molecule has 0 aliphatic rings. The molecule has 0 atom stereocenters. The third kappa shape index (κ3) is 3.38. The maximum Gasteiger partial charge on any atom is 0.272 e. The van der Waals surface area contributed by atoms with Gasteiger partial charge in [0.1, 0.15) is 17.2 Å². The van der Waals surface area contributed by atoms with E-state index in [0.29, 0.717) is 22.6 Å². The van der Waals surface area contributed by atoms with Crippen LogP contribution in [-0.2, 0) is 0 Å². The molecule has 0 aliphatic carbocycles.